The molecule has 0 aliphatic carbocycles. The summed E-state index contributed by atoms with van der Waals surface area (Å²) < 4.78 is 0. The first-order valence-electron chi connectivity index (χ1n) is 8.15. The average Bonchev–Trinajstić information content (AvgIpc) is 2.81. The molecule has 0 saturated heterocycles. The second kappa shape index (κ2) is 6.84. The van der Waals surface area contributed by atoms with Crippen LogP contribution >= 0.6 is 0 Å². The molecule has 0 bridgehead atoms. The summed E-state index contributed by atoms with van der Waals surface area (Å²) in [4.78, 5) is 37.3. The van der Waals surface area contributed by atoms with Crippen molar-refractivity contribution in [3.05, 3.63) is 65.4 Å². The molecule has 3 rings (SSSR count). The van der Waals surface area contributed by atoms with Gasteiger partial charge in [0.05, 0.1) is 5.57 Å². The van der Waals surface area contributed by atoms with Gasteiger partial charge in [-0.3, -0.25) is 19.3 Å². The van der Waals surface area contributed by atoms with E-state index in [9.17, 15) is 14.4 Å². The van der Waals surface area contributed by atoms with Gasteiger partial charge in [-0.1, -0.05) is 29.8 Å². The van der Waals surface area contributed by atoms with Crippen molar-refractivity contribution < 1.29 is 14.4 Å². The fraction of sp³-hybridized carbons (Fsp3) is 0.150. The highest BCUT2D eigenvalue weighted by atomic mass is 16.2. The fourth-order valence-electron chi connectivity index (χ4n) is 2.73. The van der Waals surface area contributed by atoms with Crippen molar-refractivity contribution in [3.63, 3.8) is 0 Å². The van der Waals surface area contributed by atoms with Gasteiger partial charge in [-0.25, -0.2) is 0 Å². The number of amides is 3. The molecule has 3 amide bonds. The quantitative estimate of drug-likeness (QED) is 0.832. The number of carbonyl (C=O) groups excluding carboxylic acids is 3. The van der Waals surface area contributed by atoms with Crippen LogP contribution in [0.4, 0.5) is 11.4 Å². The molecule has 0 saturated carbocycles. The van der Waals surface area contributed by atoms with Crippen LogP contribution in [0.25, 0.3) is 5.57 Å². The minimum Gasteiger partial charge on any atom is -0.350 e. The van der Waals surface area contributed by atoms with Crippen molar-refractivity contribution in [1.82, 2.24) is 4.90 Å². The first-order valence-corrected chi connectivity index (χ1v) is 8.15. The SMILES string of the molecule is CC(=O)Nc1ccc(C2=C(Nc3ccc(C)cc3)C(=O)N(C)C2=O)cc1. The Hall–Kier alpha value is -3.41. The molecule has 1 aliphatic heterocycles. The average molecular weight is 349 g/mol. The van der Waals surface area contributed by atoms with Gasteiger partial charge in [0.1, 0.15) is 5.70 Å². The van der Waals surface area contributed by atoms with Gasteiger partial charge in [-0.15, -0.1) is 0 Å². The molecule has 132 valence electrons. The summed E-state index contributed by atoms with van der Waals surface area (Å²) in [6.45, 7) is 3.40. The molecular weight excluding hydrogens is 330 g/mol. The number of rotatable bonds is 4. The second-order valence-corrected chi connectivity index (χ2v) is 6.17. The molecule has 26 heavy (non-hydrogen) atoms. The van der Waals surface area contributed by atoms with Gasteiger partial charge in [0.15, 0.2) is 0 Å². The highest BCUT2D eigenvalue weighted by Gasteiger charge is 2.36. The molecule has 0 spiro atoms. The maximum absolute atomic E-state index is 12.6. The number of imide groups is 1. The van der Waals surface area contributed by atoms with E-state index in [1.807, 2.05) is 31.2 Å². The maximum atomic E-state index is 12.6. The van der Waals surface area contributed by atoms with Crippen LogP contribution in [-0.4, -0.2) is 29.7 Å². The lowest BCUT2D eigenvalue weighted by atomic mass is 10.0. The zero-order valence-corrected chi connectivity index (χ0v) is 14.8. The van der Waals surface area contributed by atoms with Crippen molar-refractivity contribution in [2.75, 3.05) is 17.7 Å². The molecule has 6 nitrogen and oxygen atoms in total. The lowest BCUT2D eigenvalue weighted by Crippen LogP contribution is -2.27. The summed E-state index contributed by atoms with van der Waals surface area (Å²) in [6, 6.07) is 14.4. The van der Waals surface area contributed by atoms with E-state index >= 15 is 0 Å². The van der Waals surface area contributed by atoms with E-state index in [0.717, 1.165) is 16.2 Å². The summed E-state index contributed by atoms with van der Waals surface area (Å²) in [5, 5.41) is 5.75. The van der Waals surface area contributed by atoms with Gasteiger partial charge in [0, 0.05) is 25.3 Å². The second-order valence-electron chi connectivity index (χ2n) is 6.17. The molecule has 2 N–H and O–H groups in total. The number of aryl methyl sites for hydroxylation is 1. The Kier molecular flexibility index (Phi) is 4.58. The van der Waals surface area contributed by atoms with Crippen LogP contribution in [0.5, 0.6) is 0 Å². The zero-order valence-electron chi connectivity index (χ0n) is 14.8. The third-order valence-corrected chi connectivity index (χ3v) is 4.10. The normalized spacial score (nSPS) is 14.0. The maximum Gasteiger partial charge on any atom is 0.277 e. The molecule has 1 aliphatic rings. The lowest BCUT2D eigenvalue weighted by molar-refractivity contribution is -0.135. The summed E-state index contributed by atoms with van der Waals surface area (Å²) in [5.74, 6) is -0.918. The van der Waals surface area contributed by atoms with Crippen LogP contribution in [0.1, 0.15) is 18.1 Å². The van der Waals surface area contributed by atoms with E-state index < -0.39 is 0 Å². The Bertz CT molecular complexity index is 912. The number of hydrogen-bond donors (Lipinski definition) is 2. The Morgan fingerprint density at radius 3 is 2.04 bits per heavy atom. The molecule has 0 unspecified atom stereocenters. The van der Waals surface area contributed by atoms with Crippen molar-refractivity contribution >= 4 is 34.7 Å². The molecule has 6 heteroatoms. The van der Waals surface area contributed by atoms with Crippen LogP contribution < -0.4 is 10.6 Å². The van der Waals surface area contributed by atoms with Gasteiger partial charge in [-0.2, -0.15) is 0 Å². The van der Waals surface area contributed by atoms with Gasteiger partial charge < -0.3 is 10.6 Å². The minimum atomic E-state index is -0.378. The van der Waals surface area contributed by atoms with Gasteiger partial charge >= 0.3 is 0 Å². The Morgan fingerprint density at radius 2 is 1.46 bits per heavy atom. The number of nitrogens with zero attached hydrogens (tertiary/aromatic N) is 1. The number of likely N-dealkylation sites (N-methyl/N-ethyl adjacent to an activating group) is 1. The zero-order chi connectivity index (χ0) is 18.8. The molecule has 1 heterocycles. The molecule has 0 aromatic heterocycles. The van der Waals surface area contributed by atoms with E-state index in [0.29, 0.717) is 16.8 Å². The van der Waals surface area contributed by atoms with E-state index in [1.165, 1.54) is 14.0 Å². The van der Waals surface area contributed by atoms with E-state index in [4.69, 9.17) is 0 Å². The van der Waals surface area contributed by atoms with Crippen molar-refractivity contribution in [3.8, 4) is 0 Å². The van der Waals surface area contributed by atoms with Crippen LogP contribution in [0.3, 0.4) is 0 Å². The predicted molar refractivity (Wildman–Crippen MR) is 100 cm³/mol. The number of hydrogen-bond acceptors (Lipinski definition) is 4. The number of benzene rings is 2. The van der Waals surface area contributed by atoms with Gasteiger partial charge in [0.2, 0.25) is 5.91 Å². The monoisotopic (exact) mass is 349 g/mol. The first kappa shape index (κ1) is 17.4. The molecular formula is C20H19N3O3. The minimum absolute atomic E-state index is 0.175. The summed E-state index contributed by atoms with van der Waals surface area (Å²) >= 11 is 0. The summed E-state index contributed by atoms with van der Waals surface area (Å²) in [5.41, 5.74) is 3.62. The molecule has 0 fully saturated rings. The summed E-state index contributed by atoms with van der Waals surface area (Å²) in [7, 11) is 1.46. The standard InChI is InChI=1S/C20H19N3O3/c1-12-4-8-16(9-5-12)22-18-17(19(25)23(3)20(18)26)14-6-10-15(11-7-14)21-13(2)24/h4-11,22H,1-3H3,(H,21,24). The number of anilines is 2. The molecule has 0 atom stereocenters. The smallest absolute Gasteiger partial charge is 0.277 e. The largest absolute Gasteiger partial charge is 0.350 e. The van der Waals surface area contributed by atoms with Crippen LogP contribution in [0.2, 0.25) is 0 Å². The van der Waals surface area contributed by atoms with Crippen LogP contribution in [0, 0.1) is 6.92 Å². The molecule has 2 aromatic carbocycles. The Labute approximate surface area is 151 Å². The first-order chi connectivity index (χ1) is 12.4. The predicted octanol–water partition coefficient (Wildman–Crippen LogP) is 2.78. The van der Waals surface area contributed by atoms with Gasteiger partial charge in [0.25, 0.3) is 11.8 Å². The van der Waals surface area contributed by atoms with Crippen LogP contribution in [0.15, 0.2) is 54.2 Å². The molecule has 2 aromatic rings. The van der Waals surface area contributed by atoms with E-state index in [-0.39, 0.29) is 23.4 Å². The van der Waals surface area contributed by atoms with Crippen molar-refractivity contribution in [2.45, 2.75) is 13.8 Å². The highest BCUT2D eigenvalue weighted by molar-refractivity contribution is 6.36. The van der Waals surface area contributed by atoms with Gasteiger partial charge in [-0.05, 0) is 36.8 Å². The topological polar surface area (TPSA) is 78.5 Å². The summed E-state index contributed by atoms with van der Waals surface area (Å²) in [6.07, 6.45) is 0. The fourth-order valence-corrected chi connectivity index (χ4v) is 2.73. The third-order valence-electron chi connectivity index (χ3n) is 4.10. The Balaban J connectivity index is 1.99. The third kappa shape index (κ3) is 3.35. The highest BCUT2D eigenvalue weighted by Crippen LogP contribution is 2.30. The molecule has 0 radical (unpaired) electrons. The van der Waals surface area contributed by atoms with Crippen LogP contribution in [-0.2, 0) is 14.4 Å². The van der Waals surface area contributed by atoms with E-state index in [2.05, 4.69) is 10.6 Å². The lowest BCUT2D eigenvalue weighted by Gasteiger charge is -2.09. The van der Waals surface area contributed by atoms with Crippen molar-refractivity contribution in [1.29, 1.82) is 0 Å². The number of nitrogens with one attached hydrogen (secondary N) is 2. The van der Waals surface area contributed by atoms with Crippen molar-refractivity contribution in [2.24, 2.45) is 0 Å². The number of carbonyl (C=O) groups is 3. The Morgan fingerprint density at radius 1 is 0.885 bits per heavy atom. The van der Waals surface area contributed by atoms with E-state index in [1.54, 1.807) is 24.3 Å².